The molecule has 0 saturated carbocycles. The largest absolute Gasteiger partial charge is 0.493 e. The fraction of sp³-hybridized carbons (Fsp3) is 0.733. The molecule has 9 heteroatoms. The quantitative estimate of drug-likeness (QED) is 0.193. The van der Waals surface area contributed by atoms with E-state index < -0.39 is 29.4 Å². The van der Waals surface area contributed by atoms with Gasteiger partial charge in [-0.15, -0.1) is 0 Å². The van der Waals surface area contributed by atoms with Crippen LogP contribution in [0.3, 0.4) is 0 Å². The van der Waals surface area contributed by atoms with Crippen molar-refractivity contribution < 1.29 is 28.9 Å². The number of nitrogens with two attached hydrogens (primary N) is 2. The van der Waals surface area contributed by atoms with E-state index in [1.807, 2.05) is 32.0 Å². The summed E-state index contributed by atoms with van der Waals surface area (Å²) >= 11 is 0. The Morgan fingerprint density at radius 3 is 2.23 bits per heavy atom. The second kappa shape index (κ2) is 16.7. The van der Waals surface area contributed by atoms with Crippen LogP contribution in [0.1, 0.15) is 66.4 Å². The molecule has 224 valence electrons. The van der Waals surface area contributed by atoms with Gasteiger partial charge in [-0.1, -0.05) is 33.8 Å². The number of hydrogen-bond acceptors (Lipinski definition) is 7. The molecule has 0 bridgehead atoms. The van der Waals surface area contributed by atoms with E-state index in [1.54, 1.807) is 28.1 Å². The van der Waals surface area contributed by atoms with Crippen LogP contribution in [0.2, 0.25) is 0 Å². The van der Waals surface area contributed by atoms with Gasteiger partial charge in [0.25, 0.3) is 0 Å². The van der Waals surface area contributed by atoms with Gasteiger partial charge >= 0.3 is 0 Å². The van der Waals surface area contributed by atoms with Crippen molar-refractivity contribution in [2.24, 2.45) is 40.6 Å². The number of aliphatic hydroxyl groups excluding tert-OH is 1. The highest BCUT2D eigenvalue weighted by Gasteiger charge is 2.32. The standard InChI is InChI=1S/C30H53N3O6/c1-19(2)22(14-21-10-11-26(38-8)27(15-21)39-13-9-12-37-7)16-24(31)25(34)17-23(20(3)4)28(35)33-18-30(5,6)29(32)36/h10-11,15,19-20,22-25,34H,9,12-14,16-18,31H2,1-8H3,(H2,32,36)(H,33,35)/t22-,23?,24+,25-/m1/s1. The zero-order valence-corrected chi connectivity index (χ0v) is 25.3. The minimum absolute atomic E-state index is 0.00829. The monoisotopic (exact) mass is 551 g/mol. The van der Waals surface area contributed by atoms with Gasteiger partial charge < -0.3 is 36.1 Å². The predicted octanol–water partition coefficient (Wildman–Crippen LogP) is 3.29. The van der Waals surface area contributed by atoms with Crippen LogP contribution in [0.5, 0.6) is 11.5 Å². The Labute approximate surface area is 235 Å². The molecular weight excluding hydrogens is 498 g/mol. The minimum atomic E-state index is -0.854. The van der Waals surface area contributed by atoms with E-state index in [2.05, 4.69) is 19.2 Å². The van der Waals surface area contributed by atoms with Crippen molar-refractivity contribution in [2.75, 3.05) is 34.0 Å². The van der Waals surface area contributed by atoms with Gasteiger partial charge in [-0.3, -0.25) is 9.59 Å². The topological polar surface area (TPSA) is 146 Å². The van der Waals surface area contributed by atoms with Gasteiger partial charge in [0.2, 0.25) is 11.8 Å². The van der Waals surface area contributed by atoms with Crippen molar-refractivity contribution in [3.05, 3.63) is 23.8 Å². The molecular formula is C30H53N3O6. The Morgan fingerprint density at radius 2 is 1.69 bits per heavy atom. The first-order valence-corrected chi connectivity index (χ1v) is 14.0. The molecule has 9 nitrogen and oxygen atoms in total. The second-order valence-corrected chi connectivity index (χ2v) is 11.9. The van der Waals surface area contributed by atoms with Crippen molar-refractivity contribution in [2.45, 2.75) is 79.4 Å². The number of ether oxygens (including phenoxy) is 3. The maximum Gasteiger partial charge on any atom is 0.224 e. The molecule has 0 aromatic heterocycles. The lowest BCUT2D eigenvalue weighted by atomic mass is 9.80. The summed E-state index contributed by atoms with van der Waals surface area (Å²) in [7, 11) is 3.29. The average molecular weight is 552 g/mol. The molecule has 0 aliphatic carbocycles. The normalized spacial score (nSPS) is 15.1. The van der Waals surface area contributed by atoms with E-state index in [0.29, 0.717) is 37.1 Å². The lowest BCUT2D eigenvalue weighted by molar-refractivity contribution is -0.130. The van der Waals surface area contributed by atoms with Gasteiger partial charge in [-0.05, 0) is 68.6 Å². The Morgan fingerprint density at radius 1 is 1.03 bits per heavy atom. The van der Waals surface area contributed by atoms with Crippen LogP contribution in [-0.4, -0.2) is 63.0 Å². The van der Waals surface area contributed by atoms with Crippen LogP contribution in [0, 0.1) is 29.1 Å². The van der Waals surface area contributed by atoms with Crippen LogP contribution in [-0.2, 0) is 20.7 Å². The summed E-state index contributed by atoms with van der Waals surface area (Å²) in [4.78, 5) is 24.5. The Kier molecular flexibility index (Phi) is 14.8. The lowest BCUT2D eigenvalue weighted by Crippen LogP contribution is -2.46. The highest BCUT2D eigenvalue weighted by Crippen LogP contribution is 2.32. The maximum atomic E-state index is 12.9. The second-order valence-electron chi connectivity index (χ2n) is 11.9. The van der Waals surface area contributed by atoms with Gasteiger partial charge in [0.05, 0.1) is 25.2 Å². The summed E-state index contributed by atoms with van der Waals surface area (Å²) in [5, 5.41) is 13.9. The Balaban J connectivity index is 2.87. The molecule has 0 aliphatic rings. The molecule has 0 aliphatic heterocycles. The molecule has 2 amide bonds. The number of amides is 2. The predicted molar refractivity (Wildman–Crippen MR) is 155 cm³/mol. The lowest BCUT2D eigenvalue weighted by Gasteiger charge is -2.30. The summed E-state index contributed by atoms with van der Waals surface area (Å²) in [5.74, 6) is 0.792. The molecule has 1 unspecified atom stereocenters. The number of aliphatic hydroxyl groups is 1. The van der Waals surface area contributed by atoms with Gasteiger partial charge in [-0.25, -0.2) is 0 Å². The van der Waals surface area contributed by atoms with E-state index in [1.165, 1.54) is 0 Å². The molecule has 0 saturated heterocycles. The molecule has 4 atom stereocenters. The van der Waals surface area contributed by atoms with Crippen molar-refractivity contribution in [1.82, 2.24) is 5.32 Å². The summed E-state index contributed by atoms with van der Waals surface area (Å²) in [5.41, 5.74) is 12.2. The molecule has 0 spiro atoms. The molecule has 0 fully saturated rings. The average Bonchev–Trinajstić information content (AvgIpc) is 2.87. The number of carbonyl (C=O) groups excluding carboxylic acids is 2. The van der Waals surface area contributed by atoms with E-state index in [4.69, 9.17) is 25.7 Å². The summed E-state index contributed by atoms with van der Waals surface area (Å²) in [6, 6.07) is 5.47. The molecule has 1 aromatic rings. The number of benzene rings is 1. The first kappa shape index (κ1) is 34.7. The number of primary amides is 1. The number of methoxy groups -OCH3 is 2. The van der Waals surface area contributed by atoms with Crippen LogP contribution >= 0.6 is 0 Å². The third-order valence-electron chi connectivity index (χ3n) is 7.50. The molecule has 0 heterocycles. The molecule has 39 heavy (non-hydrogen) atoms. The van der Waals surface area contributed by atoms with Gasteiger partial charge in [-0.2, -0.15) is 0 Å². The van der Waals surface area contributed by atoms with Crippen LogP contribution in [0.15, 0.2) is 18.2 Å². The van der Waals surface area contributed by atoms with E-state index in [-0.39, 0.29) is 30.7 Å². The van der Waals surface area contributed by atoms with Crippen LogP contribution < -0.4 is 26.3 Å². The number of carbonyl (C=O) groups is 2. The van der Waals surface area contributed by atoms with Crippen LogP contribution in [0.25, 0.3) is 0 Å². The van der Waals surface area contributed by atoms with Gasteiger partial charge in [0, 0.05) is 38.6 Å². The highest BCUT2D eigenvalue weighted by atomic mass is 16.5. The van der Waals surface area contributed by atoms with Crippen LogP contribution in [0.4, 0.5) is 0 Å². The SMILES string of the molecule is COCCCOc1cc(C[C@H](C[C@H](N)[C@H](O)CC(C(=O)NCC(C)(C)C(N)=O)C(C)C)C(C)C)ccc1OC. The maximum absolute atomic E-state index is 12.9. The summed E-state index contributed by atoms with van der Waals surface area (Å²) < 4.78 is 16.5. The zero-order valence-electron chi connectivity index (χ0n) is 25.3. The van der Waals surface area contributed by atoms with Gasteiger partial charge in [0.1, 0.15) is 0 Å². The minimum Gasteiger partial charge on any atom is -0.493 e. The first-order chi connectivity index (χ1) is 18.2. The molecule has 6 N–H and O–H groups in total. The fourth-order valence-corrected chi connectivity index (χ4v) is 4.39. The third-order valence-corrected chi connectivity index (χ3v) is 7.50. The molecule has 1 aromatic carbocycles. The number of hydrogen-bond donors (Lipinski definition) is 4. The van der Waals surface area contributed by atoms with E-state index in [0.717, 1.165) is 18.4 Å². The first-order valence-electron chi connectivity index (χ1n) is 14.0. The van der Waals surface area contributed by atoms with Crippen molar-refractivity contribution in [3.8, 4) is 11.5 Å². The van der Waals surface area contributed by atoms with Crippen molar-refractivity contribution >= 4 is 11.8 Å². The number of rotatable bonds is 19. The Hall–Kier alpha value is -2.36. The molecule has 1 rings (SSSR count). The number of nitrogens with one attached hydrogen (secondary N) is 1. The Bertz CT molecular complexity index is 889. The highest BCUT2D eigenvalue weighted by molar-refractivity contribution is 5.83. The van der Waals surface area contributed by atoms with Crippen molar-refractivity contribution in [3.63, 3.8) is 0 Å². The fourth-order valence-electron chi connectivity index (χ4n) is 4.39. The molecule has 0 radical (unpaired) electrons. The van der Waals surface area contributed by atoms with Gasteiger partial charge in [0.15, 0.2) is 11.5 Å². The smallest absolute Gasteiger partial charge is 0.224 e. The zero-order chi connectivity index (χ0) is 29.8. The summed E-state index contributed by atoms with van der Waals surface area (Å²) in [6.45, 7) is 12.9. The van der Waals surface area contributed by atoms with E-state index in [9.17, 15) is 14.7 Å². The van der Waals surface area contributed by atoms with E-state index >= 15 is 0 Å². The summed E-state index contributed by atoms with van der Waals surface area (Å²) in [6.07, 6.45) is 1.56. The van der Waals surface area contributed by atoms with Crippen molar-refractivity contribution in [1.29, 1.82) is 0 Å². The third kappa shape index (κ3) is 11.7.